The molecule has 0 aliphatic carbocycles. The molecule has 0 saturated heterocycles. The number of para-hydroxylation sites is 1. The van der Waals surface area contributed by atoms with Crippen molar-refractivity contribution in [3.63, 3.8) is 0 Å². The summed E-state index contributed by atoms with van der Waals surface area (Å²) in [7, 11) is 0. The molecule has 88 valence electrons. The molecule has 18 heavy (non-hydrogen) atoms. The fourth-order valence-corrected chi connectivity index (χ4v) is 3.91. The smallest absolute Gasteiger partial charge is 0.205 e. The van der Waals surface area contributed by atoms with Gasteiger partial charge in [-0.15, -0.1) is 11.8 Å². The van der Waals surface area contributed by atoms with Crippen molar-refractivity contribution in [2.75, 3.05) is 0 Å². The number of hydrogen-bond acceptors (Lipinski definition) is 3. The molecule has 2 aromatic rings. The van der Waals surface area contributed by atoms with Crippen LogP contribution in [-0.4, -0.2) is 11.9 Å². The fraction of sp³-hybridized carbons (Fsp3) is 0.133. The molecule has 2 aromatic carbocycles. The standard InChI is InChI=1S/C15H10O2S/c16-13-10-6-2-4-8-12(10)18-15-9-5-1-3-7-11(9)17-14(13)15/h1-8,14-15H. The van der Waals surface area contributed by atoms with E-state index in [1.165, 1.54) is 0 Å². The second-order valence-corrected chi connectivity index (χ2v) is 5.66. The highest BCUT2D eigenvalue weighted by molar-refractivity contribution is 7.99. The van der Waals surface area contributed by atoms with Crippen molar-refractivity contribution < 1.29 is 9.53 Å². The Balaban J connectivity index is 1.86. The average Bonchev–Trinajstić information content (AvgIpc) is 2.79. The molecule has 0 bridgehead atoms. The third-order valence-corrected chi connectivity index (χ3v) is 4.78. The van der Waals surface area contributed by atoms with Crippen LogP contribution in [0.2, 0.25) is 0 Å². The maximum atomic E-state index is 12.4. The van der Waals surface area contributed by atoms with Crippen LogP contribution in [0.1, 0.15) is 21.2 Å². The van der Waals surface area contributed by atoms with Gasteiger partial charge in [0.05, 0.1) is 5.25 Å². The van der Waals surface area contributed by atoms with E-state index in [1.807, 2.05) is 48.5 Å². The van der Waals surface area contributed by atoms with Gasteiger partial charge in [0.25, 0.3) is 0 Å². The minimum absolute atomic E-state index is 0.101. The first-order valence-corrected chi connectivity index (χ1v) is 6.78. The highest BCUT2D eigenvalue weighted by Crippen LogP contribution is 2.52. The van der Waals surface area contributed by atoms with E-state index in [0.717, 1.165) is 21.8 Å². The van der Waals surface area contributed by atoms with Gasteiger partial charge in [-0.1, -0.05) is 36.4 Å². The molecule has 2 atom stereocenters. The number of ether oxygens (including phenoxy) is 1. The van der Waals surface area contributed by atoms with Crippen LogP contribution < -0.4 is 4.74 Å². The molecular formula is C15H10O2S. The van der Waals surface area contributed by atoms with E-state index in [0.29, 0.717) is 0 Å². The van der Waals surface area contributed by atoms with Gasteiger partial charge in [-0.25, -0.2) is 0 Å². The molecule has 0 N–H and O–H groups in total. The molecule has 2 aliphatic rings. The lowest BCUT2D eigenvalue weighted by atomic mass is 10.0. The molecule has 0 radical (unpaired) electrons. The van der Waals surface area contributed by atoms with Gasteiger partial charge in [0.2, 0.25) is 5.78 Å². The lowest BCUT2D eigenvalue weighted by molar-refractivity contribution is 0.0813. The Morgan fingerprint density at radius 1 is 1.00 bits per heavy atom. The van der Waals surface area contributed by atoms with Crippen LogP contribution >= 0.6 is 11.8 Å². The van der Waals surface area contributed by atoms with Gasteiger partial charge in [0.1, 0.15) is 5.75 Å². The monoisotopic (exact) mass is 254 g/mol. The minimum atomic E-state index is -0.359. The van der Waals surface area contributed by atoms with Crippen molar-refractivity contribution in [2.24, 2.45) is 0 Å². The first-order chi connectivity index (χ1) is 8.84. The fourth-order valence-electron chi connectivity index (χ4n) is 2.56. The number of ketones is 1. The molecule has 2 heterocycles. The van der Waals surface area contributed by atoms with E-state index in [2.05, 4.69) is 0 Å². The molecule has 2 nitrogen and oxygen atoms in total. The van der Waals surface area contributed by atoms with E-state index in [1.54, 1.807) is 11.8 Å². The third-order valence-electron chi connectivity index (χ3n) is 3.42. The molecule has 3 heteroatoms. The molecule has 0 saturated carbocycles. The summed E-state index contributed by atoms with van der Waals surface area (Å²) in [5, 5.41) is 0.101. The van der Waals surface area contributed by atoms with Crippen molar-refractivity contribution in [2.45, 2.75) is 16.2 Å². The predicted molar refractivity (Wildman–Crippen MR) is 70.2 cm³/mol. The number of fused-ring (bicyclic) bond motifs is 4. The Bertz CT molecular complexity index is 650. The summed E-state index contributed by atoms with van der Waals surface area (Å²) in [5.74, 6) is 0.951. The number of carbonyl (C=O) groups is 1. The van der Waals surface area contributed by atoms with Crippen LogP contribution in [0.3, 0.4) is 0 Å². The Morgan fingerprint density at radius 3 is 2.72 bits per heavy atom. The van der Waals surface area contributed by atoms with E-state index < -0.39 is 0 Å². The summed E-state index contributed by atoms with van der Waals surface area (Å²) >= 11 is 1.73. The number of hydrogen-bond donors (Lipinski definition) is 0. The van der Waals surface area contributed by atoms with Gasteiger partial charge in [-0.3, -0.25) is 4.79 Å². The van der Waals surface area contributed by atoms with E-state index in [4.69, 9.17) is 4.74 Å². The zero-order valence-corrected chi connectivity index (χ0v) is 10.3. The molecule has 2 unspecified atom stereocenters. The van der Waals surface area contributed by atoms with Crippen LogP contribution in [0.5, 0.6) is 5.75 Å². The van der Waals surface area contributed by atoms with Gasteiger partial charge in [-0.2, -0.15) is 0 Å². The summed E-state index contributed by atoms with van der Waals surface area (Å²) in [6.07, 6.45) is -0.359. The molecule has 0 aromatic heterocycles. The molecule has 4 rings (SSSR count). The quantitative estimate of drug-likeness (QED) is 0.720. The molecule has 2 aliphatic heterocycles. The summed E-state index contributed by atoms with van der Waals surface area (Å²) in [6, 6.07) is 15.7. The summed E-state index contributed by atoms with van der Waals surface area (Å²) < 4.78 is 5.81. The average molecular weight is 254 g/mol. The van der Waals surface area contributed by atoms with Crippen LogP contribution in [0, 0.1) is 0 Å². The minimum Gasteiger partial charge on any atom is -0.480 e. The maximum absolute atomic E-state index is 12.4. The highest BCUT2D eigenvalue weighted by Gasteiger charge is 2.44. The topological polar surface area (TPSA) is 26.3 Å². The SMILES string of the molecule is O=C1c2ccccc2SC2c3ccccc3OC12. The van der Waals surface area contributed by atoms with Gasteiger partial charge in [0.15, 0.2) is 6.10 Å². The normalized spacial score (nSPS) is 23.9. The second-order valence-electron chi connectivity index (χ2n) is 4.48. The zero-order chi connectivity index (χ0) is 12.1. The maximum Gasteiger partial charge on any atom is 0.205 e. The van der Waals surface area contributed by atoms with Gasteiger partial charge in [-0.05, 0) is 12.1 Å². The Labute approximate surface area is 109 Å². The van der Waals surface area contributed by atoms with Gasteiger partial charge in [0, 0.05) is 16.0 Å². The number of rotatable bonds is 0. The molecule has 0 amide bonds. The van der Waals surface area contributed by atoms with Crippen molar-refractivity contribution in [3.05, 3.63) is 59.7 Å². The van der Waals surface area contributed by atoms with Gasteiger partial charge >= 0.3 is 0 Å². The number of thioether (sulfide) groups is 1. The third kappa shape index (κ3) is 1.28. The first-order valence-electron chi connectivity index (χ1n) is 5.90. The van der Waals surface area contributed by atoms with E-state index >= 15 is 0 Å². The number of carbonyl (C=O) groups excluding carboxylic acids is 1. The van der Waals surface area contributed by atoms with Crippen LogP contribution in [-0.2, 0) is 0 Å². The second kappa shape index (κ2) is 3.62. The van der Waals surface area contributed by atoms with Gasteiger partial charge < -0.3 is 4.74 Å². The Kier molecular flexibility index (Phi) is 2.06. The van der Waals surface area contributed by atoms with Crippen molar-refractivity contribution in [1.82, 2.24) is 0 Å². The number of benzene rings is 2. The summed E-state index contributed by atoms with van der Waals surface area (Å²) in [6.45, 7) is 0. The highest BCUT2D eigenvalue weighted by atomic mass is 32.2. The van der Waals surface area contributed by atoms with Crippen LogP contribution in [0.15, 0.2) is 53.4 Å². The Hall–Kier alpha value is -1.74. The zero-order valence-electron chi connectivity index (χ0n) is 9.50. The van der Waals surface area contributed by atoms with E-state index in [9.17, 15) is 4.79 Å². The summed E-state index contributed by atoms with van der Waals surface area (Å²) in [5.41, 5.74) is 1.92. The van der Waals surface area contributed by atoms with Crippen LogP contribution in [0.25, 0.3) is 0 Å². The van der Waals surface area contributed by atoms with Crippen molar-refractivity contribution in [3.8, 4) is 5.75 Å². The molecule has 0 spiro atoms. The lowest BCUT2D eigenvalue weighted by Crippen LogP contribution is -2.31. The Morgan fingerprint density at radius 2 is 1.78 bits per heavy atom. The molecule has 0 fully saturated rings. The van der Waals surface area contributed by atoms with Crippen LogP contribution in [0.4, 0.5) is 0 Å². The number of Topliss-reactive ketones (excluding diaryl/α,β-unsaturated/α-hetero) is 1. The molecular weight excluding hydrogens is 244 g/mol. The predicted octanol–water partition coefficient (Wildman–Crippen LogP) is 3.48. The van der Waals surface area contributed by atoms with Crippen molar-refractivity contribution in [1.29, 1.82) is 0 Å². The lowest BCUT2D eigenvalue weighted by Gasteiger charge is -2.24. The summed E-state index contributed by atoms with van der Waals surface area (Å²) in [4.78, 5) is 13.5. The largest absolute Gasteiger partial charge is 0.480 e. The van der Waals surface area contributed by atoms with Crippen molar-refractivity contribution >= 4 is 17.5 Å². The van der Waals surface area contributed by atoms with E-state index in [-0.39, 0.29) is 17.1 Å². The first kappa shape index (κ1) is 10.2.